The van der Waals surface area contributed by atoms with Crippen molar-refractivity contribution in [3.8, 4) is 0 Å². The molecule has 0 heterocycles. The van der Waals surface area contributed by atoms with E-state index in [0.29, 0.717) is 5.69 Å². The molecule has 4 N–H and O–H groups in total. The van der Waals surface area contributed by atoms with Gasteiger partial charge in [-0.1, -0.05) is 31.4 Å². The zero-order chi connectivity index (χ0) is 16.2. The Morgan fingerprint density at radius 3 is 2.32 bits per heavy atom. The van der Waals surface area contributed by atoms with Crippen LogP contribution in [0, 0.1) is 0 Å². The Balaban J connectivity index is 1.94. The van der Waals surface area contributed by atoms with Crippen LogP contribution in [0.3, 0.4) is 0 Å². The van der Waals surface area contributed by atoms with Crippen molar-refractivity contribution in [3.63, 3.8) is 0 Å². The zero-order valence-corrected chi connectivity index (χ0v) is 13.6. The first-order chi connectivity index (χ1) is 10.3. The number of rotatable bonds is 5. The Kier molecular flexibility index (Phi) is 5.20. The van der Waals surface area contributed by atoms with Crippen molar-refractivity contribution in [1.82, 2.24) is 4.72 Å². The van der Waals surface area contributed by atoms with Crippen LogP contribution in [0.2, 0.25) is 0 Å². The first kappa shape index (κ1) is 16.9. The number of benzene rings is 1. The molecule has 0 aliphatic heterocycles. The third kappa shape index (κ3) is 4.79. The van der Waals surface area contributed by atoms with Gasteiger partial charge in [-0.2, -0.15) is 0 Å². The molecule has 0 radical (unpaired) electrons. The minimum Gasteiger partial charge on any atom is -0.324 e. The number of nitrogens with two attached hydrogens (primary N) is 1. The lowest BCUT2D eigenvalue weighted by molar-refractivity contribution is -0.122. The third-order valence-electron chi connectivity index (χ3n) is 3.95. The van der Waals surface area contributed by atoms with Crippen LogP contribution in [0.1, 0.15) is 37.7 Å². The molecule has 1 amide bonds. The maximum absolute atomic E-state index is 12.3. The minimum atomic E-state index is -3.21. The molecule has 0 unspecified atom stereocenters. The molecule has 0 saturated heterocycles. The van der Waals surface area contributed by atoms with Gasteiger partial charge in [-0.3, -0.25) is 4.79 Å². The predicted molar refractivity (Wildman–Crippen MR) is 86.8 cm³/mol. The highest BCUT2D eigenvalue weighted by Gasteiger charge is 2.35. The van der Waals surface area contributed by atoms with E-state index in [4.69, 9.17) is 5.73 Å². The summed E-state index contributed by atoms with van der Waals surface area (Å²) in [5.74, 6) is -0.144. The molecule has 1 aromatic carbocycles. The molecule has 22 heavy (non-hydrogen) atoms. The summed E-state index contributed by atoms with van der Waals surface area (Å²) in [6.07, 6.45) is 5.66. The van der Waals surface area contributed by atoms with E-state index in [0.717, 1.165) is 43.9 Å². The summed E-state index contributed by atoms with van der Waals surface area (Å²) < 4.78 is 24.5. The van der Waals surface area contributed by atoms with E-state index in [1.807, 2.05) is 0 Å². The van der Waals surface area contributed by atoms with E-state index in [1.54, 1.807) is 24.3 Å². The minimum absolute atomic E-state index is 0.144. The highest BCUT2D eigenvalue weighted by Crippen LogP contribution is 2.27. The molecule has 1 saturated carbocycles. The fourth-order valence-electron chi connectivity index (χ4n) is 2.59. The lowest BCUT2D eigenvalue weighted by atomic mass is 9.82. The molecule has 122 valence electrons. The van der Waals surface area contributed by atoms with Gasteiger partial charge in [-0.25, -0.2) is 13.1 Å². The number of carbonyl (C=O) groups excluding carboxylic acids is 1. The second-order valence-electron chi connectivity index (χ2n) is 5.96. The fourth-order valence-corrected chi connectivity index (χ4v) is 3.01. The van der Waals surface area contributed by atoms with Gasteiger partial charge in [0.25, 0.3) is 0 Å². The summed E-state index contributed by atoms with van der Waals surface area (Å²) in [7, 11) is -3.21. The summed E-state index contributed by atoms with van der Waals surface area (Å²) in [5.41, 5.74) is 6.91. The largest absolute Gasteiger partial charge is 0.324 e. The highest BCUT2D eigenvalue weighted by molar-refractivity contribution is 7.88. The van der Waals surface area contributed by atoms with Crippen molar-refractivity contribution in [3.05, 3.63) is 29.8 Å². The second kappa shape index (κ2) is 6.76. The first-order valence-corrected chi connectivity index (χ1v) is 9.32. The molecule has 0 spiro atoms. The first-order valence-electron chi connectivity index (χ1n) is 7.42. The summed E-state index contributed by atoms with van der Waals surface area (Å²) in [6.45, 7) is 0.230. The molecule has 0 aromatic heterocycles. The van der Waals surface area contributed by atoms with Crippen LogP contribution in [-0.4, -0.2) is 26.1 Å². The third-order valence-corrected chi connectivity index (χ3v) is 4.62. The van der Waals surface area contributed by atoms with Crippen LogP contribution in [-0.2, 0) is 21.4 Å². The van der Waals surface area contributed by atoms with Gasteiger partial charge in [0.15, 0.2) is 0 Å². The predicted octanol–water partition coefficient (Wildman–Crippen LogP) is 1.34. The zero-order valence-electron chi connectivity index (χ0n) is 12.8. The Labute approximate surface area is 131 Å². The monoisotopic (exact) mass is 325 g/mol. The molecule has 0 atom stereocenters. The number of amides is 1. The highest BCUT2D eigenvalue weighted by atomic mass is 32.2. The van der Waals surface area contributed by atoms with Gasteiger partial charge in [0.2, 0.25) is 15.9 Å². The molecule has 7 heteroatoms. The maximum Gasteiger partial charge on any atom is 0.244 e. The SMILES string of the molecule is CS(=O)(=O)NCc1ccc(NC(=O)C2(N)CCCCC2)cc1. The van der Waals surface area contributed by atoms with Crippen molar-refractivity contribution >= 4 is 21.6 Å². The molecule has 1 fully saturated rings. The van der Waals surface area contributed by atoms with E-state index < -0.39 is 15.6 Å². The number of anilines is 1. The van der Waals surface area contributed by atoms with E-state index >= 15 is 0 Å². The van der Waals surface area contributed by atoms with E-state index in [-0.39, 0.29) is 12.5 Å². The Morgan fingerprint density at radius 2 is 1.77 bits per heavy atom. The van der Waals surface area contributed by atoms with Crippen LogP contribution in [0.5, 0.6) is 0 Å². The van der Waals surface area contributed by atoms with Gasteiger partial charge in [0.05, 0.1) is 11.8 Å². The molecule has 6 nitrogen and oxygen atoms in total. The maximum atomic E-state index is 12.3. The fraction of sp³-hybridized carbons (Fsp3) is 0.533. The lowest BCUT2D eigenvalue weighted by Crippen LogP contribution is -2.52. The Morgan fingerprint density at radius 1 is 1.18 bits per heavy atom. The van der Waals surface area contributed by atoms with Crippen molar-refractivity contribution < 1.29 is 13.2 Å². The lowest BCUT2D eigenvalue weighted by Gasteiger charge is -2.31. The number of carbonyl (C=O) groups is 1. The van der Waals surface area contributed by atoms with Gasteiger partial charge in [0.1, 0.15) is 0 Å². The Hall–Kier alpha value is -1.44. The molecule has 1 aliphatic rings. The smallest absolute Gasteiger partial charge is 0.244 e. The van der Waals surface area contributed by atoms with E-state index in [2.05, 4.69) is 10.0 Å². The quantitative estimate of drug-likeness (QED) is 0.760. The number of nitrogens with one attached hydrogen (secondary N) is 2. The van der Waals surface area contributed by atoms with Gasteiger partial charge in [-0.05, 0) is 30.5 Å². The summed E-state index contributed by atoms with van der Waals surface area (Å²) in [5, 5.41) is 2.85. The van der Waals surface area contributed by atoms with Crippen molar-refractivity contribution in [2.75, 3.05) is 11.6 Å². The molecule has 1 aromatic rings. The van der Waals surface area contributed by atoms with Crippen LogP contribution >= 0.6 is 0 Å². The number of hydrogen-bond donors (Lipinski definition) is 3. The van der Waals surface area contributed by atoms with Gasteiger partial charge < -0.3 is 11.1 Å². The molecule has 1 aliphatic carbocycles. The average molecular weight is 325 g/mol. The van der Waals surface area contributed by atoms with E-state index in [9.17, 15) is 13.2 Å². The Bertz CT molecular complexity index is 620. The standard InChI is InChI=1S/C15H23N3O3S/c1-22(20,21)17-11-12-5-7-13(8-6-12)18-14(19)15(16)9-3-2-4-10-15/h5-8,17H,2-4,9-11,16H2,1H3,(H,18,19). The average Bonchev–Trinajstić information content (AvgIpc) is 2.46. The number of sulfonamides is 1. The molecule has 0 bridgehead atoms. The second-order valence-corrected chi connectivity index (χ2v) is 7.79. The normalized spacial score (nSPS) is 17.9. The van der Waals surface area contributed by atoms with Crippen molar-refractivity contribution in [2.24, 2.45) is 5.73 Å². The van der Waals surface area contributed by atoms with Gasteiger partial charge in [-0.15, -0.1) is 0 Å². The van der Waals surface area contributed by atoms with Crippen LogP contribution < -0.4 is 15.8 Å². The van der Waals surface area contributed by atoms with Gasteiger partial charge in [0, 0.05) is 12.2 Å². The number of hydrogen-bond acceptors (Lipinski definition) is 4. The summed E-state index contributed by atoms with van der Waals surface area (Å²) in [6, 6.07) is 7.06. The topological polar surface area (TPSA) is 101 Å². The van der Waals surface area contributed by atoms with Crippen molar-refractivity contribution in [1.29, 1.82) is 0 Å². The summed E-state index contributed by atoms with van der Waals surface area (Å²) in [4.78, 5) is 12.3. The van der Waals surface area contributed by atoms with Crippen molar-refractivity contribution in [2.45, 2.75) is 44.2 Å². The van der Waals surface area contributed by atoms with Gasteiger partial charge >= 0.3 is 0 Å². The molecule has 2 rings (SSSR count). The van der Waals surface area contributed by atoms with E-state index in [1.165, 1.54) is 0 Å². The van der Waals surface area contributed by atoms with Crippen LogP contribution in [0.25, 0.3) is 0 Å². The summed E-state index contributed by atoms with van der Waals surface area (Å²) >= 11 is 0. The molecular weight excluding hydrogens is 302 g/mol. The van der Waals surface area contributed by atoms with Crippen LogP contribution in [0.4, 0.5) is 5.69 Å². The van der Waals surface area contributed by atoms with Crippen LogP contribution in [0.15, 0.2) is 24.3 Å². The molecular formula is C15H23N3O3S.